The predicted molar refractivity (Wildman–Crippen MR) is 114 cm³/mol. The average Bonchev–Trinajstić information content (AvgIpc) is 2.67. The Morgan fingerprint density at radius 1 is 1.07 bits per heavy atom. The van der Waals surface area contributed by atoms with Crippen molar-refractivity contribution in [3.63, 3.8) is 0 Å². The van der Waals surface area contributed by atoms with E-state index >= 15 is 0 Å². The Kier molecular flexibility index (Phi) is 7.84. The molecule has 152 valence electrons. The van der Waals surface area contributed by atoms with Crippen molar-refractivity contribution < 1.29 is 4.79 Å². The molecule has 28 heavy (non-hydrogen) atoms. The minimum Gasteiger partial charge on any atom is -0.369 e. The standard InChI is InChI=1S/C21H28Cl2N4O/c22-17-13-18(23)15-20(14-17)27-11-9-26(10-12-27)8-6-16-1-3-19(4-2-16)25-21(28)5-7-24/h13-16,19H,1-6,8-12H2,(H,25,28)/t16-,19-. The van der Waals surface area contributed by atoms with Crippen LogP contribution in [0.4, 0.5) is 5.69 Å². The molecule has 7 heteroatoms. The molecule has 3 rings (SSSR count). The molecule has 2 aliphatic rings. The van der Waals surface area contributed by atoms with Gasteiger partial charge in [0.1, 0.15) is 6.42 Å². The zero-order valence-corrected chi connectivity index (χ0v) is 17.7. The van der Waals surface area contributed by atoms with Gasteiger partial charge in [0.15, 0.2) is 0 Å². The number of anilines is 1. The maximum atomic E-state index is 11.5. The lowest BCUT2D eigenvalue weighted by atomic mass is 9.84. The third kappa shape index (κ3) is 6.27. The number of hydrogen-bond donors (Lipinski definition) is 1. The maximum absolute atomic E-state index is 11.5. The van der Waals surface area contributed by atoms with Crippen LogP contribution in [0.2, 0.25) is 10.0 Å². The molecular weight excluding hydrogens is 395 g/mol. The lowest BCUT2D eigenvalue weighted by molar-refractivity contribution is -0.121. The second-order valence-corrected chi connectivity index (χ2v) is 8.74. The molecule has 1 amide bonds. The van der Waals surface area contributed by atoms with E-state index in [2.05, 4.69) is 15.1 Å². The highest BCUT2D eigenvalue weighted by Gasteiger charge is 2.24. The van der Waals surface area contributed by atoms with E-state index in [0.717, 1.165) is 57.2 Å². The maximum Gasteiger partial charge on any atom is 0.234 e. The smallest absolute Gasteiger partial charge is 0.234 e. The molecule has 1 aromatic rings. The zero-order chi connectivity index (χ0) is 19.9. The first-order chi connectivity index (χ1) is 13.5. The van der Waals surface area contributed by atoms with E-state index in [0.29, 0.717) is 10.0 Å². The molecule has 1 aliphatic carbocycles. The first-order valence-electron chi connectivity index (χ1n) is 10.1. The van der Waals surface area contributed by atoms with Gasteiger partial charge in [-0.2, -0.15) is 5.26 Å². The Hall–Kier alpha value is -1.48. The van der Waals surface area contributed by atoms with Crippen LogP contribution in [0.3, 0.4) is 0 Å². The summed E-state index contributed by atoms with van der Waals surface area (Å²) in [6.45, 7) is 5.25. The quantitative estimate of drug-likeness (QED) is 0.749. The highest BCUT2D eigenvalue weighted by molar-refractivity contribution is 6.35. The SMILES string of the molecule is N#CCC(=O)N[C@H]1CC[C@H](CCN2CCN(c3cc(Cl)cc(Cl)c3)CC2)CC1. The summed E-state index contributed by atoms with van der Waals surface area (Å²) >= 11 is 12.3. The van der Waals surface area contributed by atoms with E-state index < -0.39 is 0 Å². The molecule has 1 aromatic carbocycles. The van der Waals surface area contributed by atoms with E-state index in [1.54, 1.807) is 6.07 Å². The minimum absolute atomic E-state index is 0.0344. The number of nitrogens with zero attached hydrogens (tertiary/aromatic N) is 3. The first kappa shape index (κ1) is 21.2. The molecule has 0 atom stereocenters. The molecule has 5 nitrogen and oxygen atoms in total. The van der Waals surface area contributed by atoms with E-state index in [4.69, 9.17) is 28.5 Å². The van der Waals surface area contributed by atoms with E-state index in [9.17, 15) is 4.79 Å². The van der Waals surface area contributed by atoms with Crippen LogP contribution in [0.15, 0.2) is 18.2 Å². The summed E-state index contributed by atoms with van der Waals surface area (Å²) < 4.78 is 0. The van der Waals surface area contributed by atoms with Gasteiger partial charge < -0.3 is 10.2 Å². The predicted octanol–water partition coefficient (Wildman–Crippen LogP) is 4.09. The Bertz CT molecular complexity index is 685. The molecule has 0 spiro atoms. The molecular formula is C21H28Cl2N4O. The number of nitrogens with one attached hydrogen (secondary N) is 1. The molecule has 0 bridgehead atoms. The van der Waals surface area contributed by atoms with Crippen molar-refractivity contribution in [2.24, 2.45) is 5.92 Å². The first-order valence-corrected chi connectivity index (χ1v) is 10.9. The minimum atomic E-state index is -0.134. The molecule has 0 radical (unpaired) electrons. The molecule has 1 aliphatic heterocycles. The second kappa shape index (κ2) is 10.3. The third-order valence-corrected chi connectivity index (χ3v) is 6.33. The molecule has 0 aromatic heterocycles. The Morgan fingerprint density at radius 3 is 2.32 bits per heavy atom. The number of piperazine rings is 1. The average molecular weight is 423 g/mol. The monoisotopic (exact) mass is 422 g/mol. The zero-order valence-electron chi connectivity index (χ0n) is 16.2. The van der Waals surface area contributed by atoms with Gasteiger partial charge in [0.25, 0.3) is 0 Å². The number of halogens is 2. The van der Waals surface area contributed by atoms with Crippen molar-refractivity contribution in [1.82, 2.24) is 10.2 Å². The van der Waals surface area contributed by atoms with Crippen LogP contribution < -0.4 is 10.2 Å². The number of amides is 1. The highest BCUT2D eigenvalue weighted by atomic mass is 35.5. The fourth-order valence-corrected chi connectivity index (χ4v) is 4.78. The van der Waals surface area contributed by atoms with Gasteiger partial charge in [-0.1, -0.05) is 23.2 Å². The fourth-order valence-electron chi connectivity index (χ4n) is 4.26. The lowest BCUT2D eigenvalue weighted by Gasteiger charge is -2.37. The molecule has 1 N–H and O–H groups in total. The van der Waals surface area contributed by atoms with Crippen LogP contribution in [0.5, 0.6) is 0 Å². The summed E-state index contributed by atoms with van der Waals surface area (Å²) in [5, 5.41) is 12.9. The number of nitriles is 1. The van der Waals surface area contributed by atoms with Crippen LogP contribution in [-0.2, 0) is 4.79 Å². The van der Waals surface area contributed by atoms with Crippen LogP contribution in [0, 0.1) is 17.2 Å². The van der Waals surface area contributed by atoms with Crippen molar-refractivity contribution >= 4 is 34.8 Å². The third-order valence-electron chi connectivity index (χ3n) is 5.89. The van der Waals surface area contributed by atoms with Gasteiger partial charge in [0.2, 0.25) is 5.91 Å². The van der Waals surface area contributed by atoms with E-state index in [1.807, 2.05) is 18.2 Å². The van der Waals surface area contributed by atoms with Crippen molar-refractivity contribution in [3.05, 3.63) is 28.2 Å². The van der Waals surface area contributed by atoms with Gasteiger partial charge in [-0.15, -0.1) is 0 Å². The van der Waals surface area contributed by atoms with Crippen molar-refractivity contribution in [1.29, 1.82) is 5.26 Å². The van der Waals surface area contributed by atoms with Gasteiger partial charge in [-0.25, -0.2) is 0 Å². The number of carbonyl (C=O) groups excluding carboxylic acids is 1. The normalized spacial score (nSPS) is 23.2. The summed E-state index contributed by atoms with van der Waals surface area (Å²) in [5.74, 6) is 0.610. The van der Waals surface area contributed by atoms with Crippen molar-refractivity contribution in [3.8, 4) is 6.07 Å². The number of hydrogen-bond acceptors (Lipinski definition) is 4. The van der Waals surface area contributed by atoms with Gasteiger partial charge in [-0.05, 0) is 62.8 Å². The van der Waals surface area contributed by atoms with Crippen LogP contribution in [0.25, 0.3) is 0 Å². The summed E-state index contributed by atoms with van der Waals surface area (Å²) in [6.07, 6.45) is 5.59. The van der Waals surface area contributed by atoms with Gasteiger partial charge in [-0.3, -0.25) is 9.69 Å². The van der Waals surface area contributed by atoms with Crippen LogP contribution in [0.1, 0.15) is 38.5 Å². The van der Waals surface area contributed by atoms with Gasteiger partial charge in [0, 0.05) is 48.0 Å². The van der Waals surface area contributed by atoms with Gasteiger partial charge >= 0.3 is 0 Å². The van der Waals surface area contributed by atoms with E-state index in [1.165, 1.54) is 19.3 Å². The van der Waals surface area contributed by atoms with Crippen molar-refractivity contribution in [2.45, 2.75) is 44.6 Å². The summed E-state index contributed by atoms with van der Waals surface area (Å²) in [7, 11) is 0. The number of rotatable bonds is 6. The molecule has 2 fully saturated rings. The second-order valence-electron chi connectivity index (χ2n) is 7.87. The Labute approximate surface area is 177 Å². The van der Waals surface area contributed by atoms with Crippen molar-refractivity contribution in [2.75, 3.05) is 37.6 Å². The molecule has 0 unspecified atom stereocenters. The Balaban J connectivity index is 1.35. The fraction of sp³-hybridized carbons (Fsp3) is 0.619. The summed E-state index contributed by atoms with van der Waals surface area (Å²) in [6, 6.07) is 7.90. The molecule has 1 saturated carbocycles. The summed E-state index contributed by atoms with van der Waals surface area (Å²) in [4.78, 5) is 16.4. The lowest BCUT2D eigenvalue weighted by Crippen LogP contribution is -2.47. The van der Waals surface area contributed by atoms with Crippen LogP contribution >= 0.6 is 23.2 Å². The molecule has 1 heterocycles. The van der Waals surface area contributed by atoms with Gasteiger partial charge in [0.05, 0.1) is 6.07 Å². The highest BCUT2D eigenvalue weighted by Crippen LogP contribution is 2.28. The topological polar surface area (TPSA) is 59.4 Å². The number of carbonyl (C=O) groups is 1. The van der Waals surface area contributed by atoms with E-state index in [-0.39, 0.29) is 18.4 Å². The largest absolute Gasteiger partial charge is 0.369 e. The summed E-state index contributed by atoms with van der Waals surface area (Å²) in [5.41, 5.74) is 1.11. The Morgan fingerprint density at radius 2 is 1.71 bits per heavy atom. The van der Waals surface area contributed by atoms with Crippen LogP contribution in [-0.4, -0.2) is 49.6 Å². The molecule has 1 saturated heterocycles. The number of benzene rings is 1.